The molecule has 4 N–H and O–H groups in total. The topological polar surface area (TPSA) is 85.2 Å². The Bertz CT molecular complexity index is 739. The maximum Gasteiger partial charge on any atom is 0.252 e. The number of hydrogen-bond acceptors (Lipinski definition) is 4. The molecule has 1 aliphatic heterocycles. The smallest absolute Gasteiger partial charge is 0.252 e. The van der Waals surface area contributed by atoms with Crippen molar-refractivity contribution < 1.29 is 4.79 Å². The predicted molar refractivity (Wildman–Crippen MR) is 83.0 cm³/mol. The van der Waals surface area contributed by atoms with Gasteiger partial charge >= 0.3 is 0 Å². The number of fused-ring (bicyclic) bond motifs is 1. The largest absolute Gasteiger partial charge is 0.399 e. The van der Waals surface area contributed by atoms with Gasteiger partial charge in [0.05, 0.1) is 5.56 Å². The number of aryl methyl sites for hydroxylation is 2. The van der Waals surface area contributed by atoms with Crippen LogP contribution in [0.1, 0.15) is 32.7 Å². The van der Waals surface area contributed by atoms with Crippen molar-refractivity contribution in [2.75, 3.05) is 10.6 Å². The molecule has 21 heavy (non-hydrogen) atoms. The van der Waals surface area contributed by atoms with E-state index in [1.165, 1.54) is 11.1 Å². The van der Waals surface area contributed by atoms with Gasteiger partial charge in [-0.2, -0.15) is 0 Å². The van der Waals surface area contributed by atoms with E-state index in [1.54, 1.807) is 0 Å². The fourth-order valence-corrected chi connectivity index (χ4v) is 2.91. The van der Waals surface area contributed by atoms with Crippen molar-refractivity contribution in [1.82, 2.24) is 4.98 Å². The summed E-state index contributed by atoms with van der Waals surface area (Å²) < 4.78 is 0. The van der Waals surface area contributed by atoms with Crippen molar-refractivity contribution in [1.29, 1.82) is 0 Å². The standard InChI is InChI=1S/C16H18N4O/c1-9-5-10(2)19-16(14(9)15(18)21)20-7-11-3-4-13(17)6-12(11)8-20/h3-6H,7-8,17H2,1-2H3,(H2,18,21). The second-order valence-electron chi connectivity index (χ2n) is 5.53. The maximum atomic E-state index is 11.8. The number of aromatic nitrogens is 1. The van der Waals surface area contributed by atoms with E-state index >= 15 is 0 Å². The zero-order valence-electron chi connectivity index (χ0n) is 12.2. The van der Waals surface area contributed by atoms with Gasteiger partial charge in [0.2, 0.25) is 0 Å². The summed E-state index contributed by atoms with van der Waals surface area (Å²) in [5.41, 5.74) is 16.7. The average Bonchev–Trinajstić information content (AvgIpc) is 2.79. The summed E-state index contributed by atoms with van der Waals surface area (Å²) in [6.45, 7) is 5.21. The Morgan fingerprint density at radius 3 is 2.62 bits per heavy atom. The highest BCUT2D eigenvalue weighted by Crippen LogP contribution is 2.31. The third-order valence-electron chi connectivity index (χ3n) is 3.82. The van der Waals surface area contributed by atoms with Gasteiger partial charge in [-0.3, -0.25) is 4.79 Å². The van der Waals surface area contributed by atoms with Gasteiger partial charge in [-0.1, -0.05) is 6.07 Å². The predicted octanol–water partition coefficient (Wildman–Crippen LogP) is 1.90. The minimum absolute atomic E-state index is 0.439. The first-order valence-electron chi connectivity index (χ1n) is 6.86. The number of benzene rings is 1. The molecule has 1 aromatic carbocycles. The van der Waals surface area contributed by atoms with Gasteiger partial charge in [-0.05, 0) is 48.7 Å². The van der Waals surface area contributed by atoms with Gasteiger partial charge in [-0.15, -0.1) is 0 Å². The van der Waals surface area contributed by atoms with Crippen LogP contribution in [0.2, 0.25) is 0 Å². The molecule has 0 saturated heterocycles. The van der Waals surface area contributed by atoms with E-state index in [1.807, 2.05) is 38.1 Å². The Balaban J connectivity index is 2.05. The quantitative estimate of drug-likeness (QED) is 0.824. The molecule has 0 aliphatic carbocycles. The van der Waals surface area contributed by atoms with Crippen molar-refractivity contribution in [3.8, 4) is 0 Å². The fraction of sp³-hybridized carbons (Fsp3) is 0.250. The highest BCUT2D eigenvalue weighted by Gasteiger charge is 2.25. The molecule has 5 heteroatoms. The van der Waals surface area contributed by atoms with Crippen LogP contribution in [0.15, 0.2) is 24.3 Å². The van der Waals surface area contributed by atoms with Crippen LogP contribution >= 0.6 is 0 Å². The Kier molecular flexibility index (Phi) is 3.05. The lowest BCUT2D eigenvalue weighted by Gasteiger charge is -2.21. The number of amides is 1. The summed E-state index contributed by atoms with van der Waals surface area (Å²) in [6.07, 6.45) is 0. The molecule has 1 aromatic heterocycles. The van der Waals surface area contributed by atoms with E-state index in [2.05, 4.69) is 9.88 Å². The molecule has 0 unspecified atom stereocenters. The zero-order valence-corrected chi connectivity index (χ0v) is 12.2. The molecule has 0 saturated carbocycles. The van der Waals surface area contributed by atoms with Crippen molar-refractivity contribution in [2.24, 2.45) is 5.73 Å². The SMILES string of the molecule is Cc1cc(C)c(C(N)=O)c(N2Cc3ccc(N)cc3C2)n1. The number of carbonyl (C=O) groups excluding carboxylic acids is 1. The average molecular weight is 282 g/mol. The third-order valence-corrected chi connectivity index (χ3v) is 3.82. The molecule has 2 aromatic rings. The molecule has 108 valence electrons. The molecule has 5 nitrogen and oxygen atoms in total. The Labute approximate surface area is 123 Å². The van der Waals surface area contributed by atoms with Gasteiger partial charge in [0.15, 0.2) is 0 Å². The van der Waals surface area contributed by atoms with Crippen molar-refractivity contribution in [3.63, 3.8) is 0 Å². The van der Waals surface area contributed by atoms with E-state index in [0.29, 0.717) is 24.5 Å². The third kappa shape index (κ3) is 2.31. The maximum absolute atomic E-state index is 11.8. The van der Waals surface area contributed by atoms with Crippen LogP contribution in [-0.2, 0) is 13.1 Å². The first kappa shape index (κ1) is 13.4. The molecule has 0 atom stereocenters. The Hall–Kier alpha value is -2.56. The summed E-state index contributed by atoms with van der Waals surface area (Å²) in [5.74, 6) is 0.222. The minimum atomic E-state index is -0.439. The first-order valence-corrected chi connectivity index (χ1v) is 6.86. The van der Waals surface area contributed by atoms with Gasteiger partial charge in [0.1, 0.15) is 5.82 Å². The second-order valence-corrected chi connectivity index (χ2v) is 5.53. The van der Waals surface area contributed by atoms with Crippen LogP contribution in [0.5, 0.6) is 0 Å². The van der Waals surface area contributed by atoms with E-state index in [-0.39, 0.29) is 0 Å². The lowest BCUT2D eigenvalue weighted by atomic mass is 10.1. The number of primary amides is 1. The van der Waals surface area contributed by atoms with Crippen molar-refractivity contribution in [3.05, 3.63) is 52.2 Å². The van der Waals surface area contributed by atoms with E-state index < -0.39 is 5.91 Å². The highest BCUT2D eigenvalue weighted by molar-refractivity contribution is 5.99. The normalized spacial score (nSPS) is 13.3. The lowest BCUT2D eigenvalue weighted by molar-refractivity contribution is 0.1000. The number of rotatable bonds is 2. The molecule has 0 bridgehead atoms. The summed E-state index contributed by atoms with van der Waals surface area (Å²) in [7, 11) is 0. The van der Waals surface area contributed by atoms with Crippen LogP contribution in [0.4, 0.5) is 11.5 Å². The summed E-state index contributed by atoms with van der Waals surface area (Å²) in [6, 6.07) is 7.77. The summed E-state index contributed by atoms with van der Waals surface area (Å²) in [4.78, 5) is 18.4. The van der Waals surface area contributed by atoms with E-state index in [4.69, 9.17) is 11.5 Å². The number of nitrogens with two attached hydrogens (primary N) is 2. The molecule has 3 rings (SSSR count). The molecule has 1 amide bonds. The fourth-order valence-electron chi connectivity index (χ4n) is 2.91. The van der Waals surface area contributed by atoms with Crippen LogP contribution in [0, 0.1) is 13.8 Å². The lowest BCUT2D eigenvalue weighted by Crippen LogP contribution is -2.24. The summed E-state index contributed by atoms with van der Waals surface area (Å²) >= 11 is 0. The number of pyridine rings is 1. The Morgan fingerprint density at radius 2 is 1.90 bits per heavy atom. The molecule has 2 heterocycles. The molecule has 0 radical (unpaired) electrons. The highest BCUT2D eigenvalue weighted by atomic mass is 16.1. The minimum Gasteiger partial charge on any atom is -0.399 e. The molecule has 0 spiro atoms. The number of anilines is 2. The summed E-state index contributed by atoms with van der Waals surface area (Å²) in [5, 5.41) is 0. The van der Waals surface area contributed by atoms with E-state index in [0.717, 1.165) is 16.9 Å². The van der Waals surface area contributed by atoms with E-state index in [9.17, 15) is 4.79 Å². The number of carbonyl (C=O) groups is 1. The monoisotopic (exact) mass is 282 g/mol. The van der Waals surface area contributed by atoms with Crippen LogP contribution in [0.3, 0.4) is 0 Å². The molecule has 0 fully saturated rings. The van der Waals surface area contributed by atoms with Gasteiger partial charge in [0.25, 0.3) is 5.91 Å². The van der Waals surface area contributed by atoms with Crippen molar-refractivity contribution >= 4 is 17.4 Å². The molecular weight excluding hydrogens is 264 g/mol. The second kappa shape index (κ2) is 4.77. The van der Waals surface area contributed by atoms with Crippen molar-refractivity contribution in [2.45, 2.75) is 26.9 Å². The molecule has 1 aliphatic rings. The van der Waals surface area contributed by atoms with Gasteiger partial charge in [-0.25, -0.2) is 4.98 Å². The first-order chi connectivity index (χ1) is 9.95. The number of nitrogens with zero attached hydrogens (tertiary/aromatic N) is 2. The number of hydrogen-bond donors (Lipinski definition) is 2. The van der Waals surface area contributed by atoms with Crippen LogP contribution < -0.4 is 16.4 Å². The Morgan fingerprint density at radius 1 is 1.19 bits per heavy atom. The van der Waals surface area contributed by atoms with Gasteiger partial charge in [0, 0.05) is 24.5 Å². The molecular formula is C16H18N4O. The number of nitrogen functional groups attached to an aromatic ring is 1. The van der Waals surface area contributed by atoms with Gasteiger partial charge < -0.3 is 16.4 Å². The van der Waals surface area contributed by atoms with Crippen LogP contribution in [-0.4, -0.2) is 10.9 Å². The zero-order chi connectivity index (χ0) is 15.1. The van der Waals surface area contributed by atoms with Crippen LogP contribution in [0.25, 0.3) is 0 Å².